The molecule has 1 aromatic heterocycles. The van der Waals surface area contributed by atoms with Crippen LogP contribution in [0, 0.1) is 0 Å². The van der Waals surface area contributed by atoms with E-state index in [9.17, 15) is 0 Å². The van der Waals surface area contributed by atoms with E-state index in [1.54, 1.807) is 0 Å². The third-order valence-corrected chi connectivity index (χ3v) is 6.29. The van der Waals surface area contributed by atoms with Gasteiger partial charge in [-0.3, -0.25) is 0 Å². The molecule has 0 saturated heterocycles. The zero-order valence-corrected chi connectivity index (χ0v) is 17.9. The highest BCUT2D eigenvalue weighted by Crippen LogP contribution is 2.36. The molecule has 0 aliphatic rings. The molecule has 0 saturated carbocycles. The Kier molecular flexibility index (Phi) is 6.30. The summed E-state index contributed by atoms with van der Waals surface area (Å²) in [6.45, 7) is 0.732. The smallest absolute Gasteiger partial charge is 0.0622 e. The van der Waals surface area contributed by atoms with Crippen LogP contribution in [0.3, 0.4) is 0 Å². The van der Waals surface area contributed by atoms with Crippen molar-refractivity contribution in [3.8, 4) is 0 Å². The number of hydrogen-bond acceptors (Lipinski definition) is 3. The molecule has 4 aromatic rings. The highest BCUT2D eigenvalue weighted by Gasteiger charge is 2.19. The van der Waals surface area contributed by atoms with Gasteiger partial charge in [0.05, 0.1) is 6.61 Å². The summed E-state index contributed by atoms with van der Waals surface area (Å²) in [6, 6.07) is 22.1. The Hall–Kier alpha value is -1.88. The van der Waals surface area contributed by atoms with Crippen LogP contribution in [-0.4, -0.2) is 24.1 Å². The predicted molar refractivity (Wildman–Crippen MR) is 125 cm³/mol. The van der Waals surface area contributed by atoms with Gasteiger partial charge in [0.25, 0.3) is 0 Å². The molecule has 4 heteroatoms. The van der Waals surface area contributed by atoms with Crippen LogP contribution in [0.25, 0.3) is 21.7 Å². The Balaban J connectivity index is 1.79. The maximum absolute atomic E-state index is 5.65. The van der Waals surface area contributed by atoms with E-state index in [-0.39, 0.29) is 0 Å². The van der Waals surface area contributed by atoms with Crippen molar-refractivity contribution in [1.29, 1.82) is 0 Å². The van der Waals surface area contributed by atoms with Crippen molar-refractivity contribution < 1.29 is 4.18 Å². The van der Waals surface area contributed by atoms with Crippen molar-refractivity contribution in [2.24, 2.45) is 0 Å². The van der Waals surface area contributed by atoms with Crippen LogP contribution in [-0.2, 0) is 9.94 Å². The predicted octanol–water partition coefficient (Wildman–Crippen LogP) is 7.00. The summed E-state index contributed by atoms with van der Waals surface area (Å²) in [4.78, 5) is 3.56. The van der Waals surface area contributed by atoms with Gasteiger partial charge < -0.3 is 9.17 Å². The molecule has 0 amide bonds. The van der Waals surface area contributed by atoms with Gasteiger partial charge in [-0.2, -0.15) is 11.8 Å². The lowest BCUT2D eigenvalue weighted by Crippen LogP contribution is -2.04. The number of para-hydroxylation sites is 1. The minimum Gasteiger partial charge on any atom is -0.361 e. The molecule has 28 heavy (non-hydrogen) atoms. The fourth-order valence-electron chi connectivity index (χ4n) is 3.98. The van der Waals surface area contributed by atoms with E-state index in [1.165, 1.54) is 50.4 Å². The number of H-pyrrole nitrogens is 1. The van der Waals surface area contributed by atoms with E-state index in [4.69, 9.17) is 4.18 Å². The van der Waals surface area contributed by atoms with Crippen LogP contribution < -0.4 is 0 Å². The number of rotatable bonds is 8. The summed E-state index contributed by atoms with van der Waals surface area (Å²) in [5, 5.41) is 3.90. The molecule has 0 aliphatic heterocycles. The van der Waals surface area contributed by atoms with Gasteiger partial charge in [-0.15, -0.1) is 0 Å². The number of aromatic nitrogens is 1. The van der Waals surface area contributed by atoms with E-state index in [0.29, 0.717) is 5.92 Å². The summed E-state index contributed by atoms with van der Waals surface area (Å²) < 4.78 is 5.65. The Morgan fingerprint density at radius 2 is 1.82 bits per heavy atom. The maximum Gasteiger partial charge on any atom is 0.0622 e. The van der Waals surface area contributed by atoms with Crippen molar-refractivity contribution in [1.82, 2.24) is 4.98 Å². The number of aromatic amines is 1. The lowest BCUT2D eigenvalue weighted by molar-refractivity contribution is 0.357. The van der Waals surface area contributed by atoms with E-state index in [1.807, 2.05) is 18.0 Å². The number of nitrogens with one attached hydrogen (secondary N) is 1. The van der Waals surface area contributed by atoms with E-state index in [2.05, 4.69) is 78.1 Å². The molecule has 0 radical (unpaired) electrons. The lowest BCUT2D eigenvalue weighted by Gasteiger charge is -2.18. The second kappa shape index (κ2) is 9.08. The Morgan fingerprint density at radius 3 is 2.64 bits per heavy atom. The molecule has 0 bridgehead atoms. The van der Waals surface area contributed by atoms with E-state index < -0.39 is 0 Å². The van der Waals surface area contributed by atoms with Crippen molar-refractivity contribution in [3.63, 3.8) is 0 Å². The van der Waals surface area contributed by atoms with Gasteiger partial charge in [-0.05, 0) is 52.2 Å². The number of hydrogen-bond donors (Lipinski definition) is 1. The monoisotopic (exact) mass is 407 g/mol. The van der Waals surface area contributed by atoms with Crippen LogP contribution in [0.4, 0.5) is 0 Å². The van der Waals surface area contributed by atoms with Crippen molar-refractivity contribution in [3.05, 3.63) is 83.6 Å². The highest BCUT2D eigenvalue weighted by molar-refractivity contribution is 7.97. The fourth-order valence-corrected chi connectivity index (χ4v) is 4.79. The normalized spacial score (nSPS) is 12.6. The molecule has 0 fully saturated rings. The van der Waals surface area contributed by atoms with E-state index in [0.717, 1.165) is 18.8 Å². The number of fused-ring (bicyclic) bond motifs is 2. The van der Waals surface area contributed by atoms with Crippen LogP contribution in [0.2, 0.25) is 0 Å². The van der Waals surface area contributed by atoms with Crippen molar-refractivity contribution in [2.75, 3.05) is 19.1 Å². The van der Waals surface area contributed by atoms with Crippen LogP contribution in [0.1, 0.15) is 29.0 Å². The first kappa shape index (κ1) is 19.4. The van der Waals surface area contributed by atoms with Gasteiger partial charge in [0, 0.05) is 35.0 Å². The summed E-state index contributed by atoms with van der Waals surface area (Å²) >= 11 is 3.30. The molecular weight excluding hydrogens is 382 g/mol. The molecular formula is C24H25NOS2. The Morgan fingerprint density at radius 1 is 0.964 bits per heavy atom. The Bertz CT molecular complexity index is 1070. The first-order valence-corrected chi connectivity index (χ1v) is 12.1. The van der Waals surface area contributed by atoms with Gasteiger partial charge in [0.15, 0.2) is 0 Å². The third kappa shape index (κ3) is 3.95. The quantitative estimate of drug-likeness (QED) is 0.251. The number of benzene rings is 3. The zero-order chi connectivity index (χ0) is 19.3. The summed E-state index contributed by atoms with van der Waals surface area (Å²) in [5.74, 6) is 1.32. The molecule has 1 heterocycles. The van der Waals surface area contributed by atoms with Gasteiger partial charge in [-0.25, -0.2) is 0 Å². The fraction of sp³-hybridized carbons (Fsp3) is 0.250. The molecule has 4 rings (SSSR count). The first-order valence-electron chi connectivity index (χ1n) is 9.54. The minimum atomic E-state index is 0.301. The lowest BCUT2D eigenvalue weighted by atomic mass is 9.87. The molecule has 3 aromatic carbocycles. The van der Waals surface area contributed by atoms with Gasteiger partial charge in [0.2, 0.25) is 0 Å². The SMILES string of the molecule is CSCc1cccc2c(C(CCOSC)c3ccc4ccccc4c3)c[nH]c12. The molecule has 144 valence electrons. The van der Waals surface area contributed by atoms with Gasteiger partial charge >= 0.3 is 0 Å². The molecule has 1 N–H and O–H groups in total. The van der Waals surface area contributed by atoms with Gasteiger partial charge in [0.1, 0.15) is 0 Å². The maximum atomic E-state index is 5.65. The molecule has 2 nitrogen and oxygen atoms in total. The third-order valence-electron chi connectivity index (χ3n) is 5.29. The average molecular weight is 408 g/mol. The summed E-state index contributed by atoms with van der Waals surface area (Å²) in [5.41, 5.74) is 5.34. The molecule has 0 spiro atoms. The zero-order valence-electron chi connectivity index (χ0n) is 16.3. The average Bonchev–Trinajstić information content (AvgIpc) is 3.16. The van der Waals surface area contributed by atoms with Crippen LogP contribution in [0.15, 0.2) is 66.9 Å². The summed E-state index contributed by atoms with van der Waals surface area (Å²) in [6.07, 6.45) is 7.29. The van der Waals surface area contributed by atoms with Crippen molar-refractivity contribution >= 4 is 45.5 Å². The van der Waals surface area contributed by atoms with Crippen LogP contribution >= 0.6 is 23.8 Å². The summed E-state index contributed by atoms with van der Waals surface area (Å²) in [7, 11) is 0. The second-order valence-corrected chi connectivity index (χ2v) is 8.39. The minimum absolute atomic E-state index is 0.301. The molecule has 1 unspecified atom stereocenters. The van der Waals surface area contributed by atoms with Crippen LogP contribution in [0.5, 0.6) is 0 Å². The standard InChI is InChI=1S/C24H25NOS2/c1-27-16-20-8-5-9-22-23(15-25-24(20)22)21(12-13-26-28-2)19-11-10-17-6-3-4-7-18(17)14-19/h3-11,14-15,21,25H,12-13,16H2,1-2H3. The second-order valence-electron chi connectivity index (χ2n) is 6.95. The molecule has 1 atom stereocenters. The van der Waals surface area contributed by atoms with E-state index >= 15 is 0 Å². The topological polar surface area (TPSA) is 25.0 Å². The highest BCUT2D eigenvalue weighted by atomic mass is 32.2. The van der Waals surface area contributed by atoms with Crippen molar-refractivity contribution in [2.45, 2.75) is 18.1 Å². The number of thioether (sulfide) groups is 1. The Labute approximate surface area is 175 Å². The molecule has 0 aliphatic carbocycles. The first-order chi connectivity index (χ1) is 13.8. The largest absolute Gasteiger partial charge is 0.361 e. The van der Waals surface area contributed by atoms with Gasteiger partial charge in [-0.1, -0.05) is 60.7 Å².